The molecule has 0 saturated heterocycles. The lowest BCUT2D eigenvalue weighted by atomic mass is 10.0. The number of aromatic nitrogens is 2. The minimum Gasteiger partial charge on any atom is -0.376 e. The summed E-state index contributed by atoms with van der Waals surface area (Å²) in [6.45, 7) is 1.27. The van der Waals surface area contributed by atoms with Crippen molar-refractivity contribution in [3.05, 3.63) is 65.3 Å². The number of ether oxygens (including phenoxy) is 1. The van der Waals surface area contributed by atoms with Gasteiger partial charge in [-0.05, 0) is 29.7 Å². The molecule has 3 heterocycles. The van der Waals surface area contributed by atoms with Crippen molar-refractivity contribution in [3.63, 3.8) is 0 Å². The SMILES string of the molecule is Cn1ccc(C(=O)NCC(=O)Nc2nc(-c3cccc(C4=CCCOC4)c3)cs2)c1. The van der Waals surface area contributed by atoms with Gasteiger partial charge >= 0.3 is 0 Å². The Morgan fingerprint density at radius 2 is 2.13 bits per heavy atom. The van der Waals surface area contributed by atoms with Gasteiger partial charge in [0.2, 0.25) is 5.91 Å². The molecule has 1 aromatic carbocycles. The van der Waals surface area contributed by atoms with Gasteiger partial charge in [0.15, 0.2) is 5.13 Å². The quantitative estimate of drug-likeness (QED) is 0.638. The first-order chi connectivity index (χ1) is 14.6. The van der Waals surface area contributed by atoms with Gasteiger partial charge in [-0.2, -0.15) is 0 Å². The summed E-state index contributed by atoms with van der Waals surface area (Å²) in [5, 5.41) is 7.75. The van der Waals surface area contributed by atoms with Crippen molar-refractivity contribution < 1.29 is 14.3 Å². The maximum absolute atomic E-state index is 12.2. The monoisotopic (exact) mass is 422 g/mol. The van der Waals surface area contributed by atoms with Crippen molar-refractivity contribution in [1.82, 2.24) is 14.9 Å². The fraction of sp³-hybridized carbons (Fsp3) is 0.227. The molecular formula is C22H22N4O3S. The standard InChI is InChI=1S/C22H22N4O3S/c1-26-8-7-17(12-26)21(28)23-11-20(27)25-22-24-19(14-30-22)16-5-2-4-15(10-16)18-6-3-9-29-13-18/h2,4-8,10,12,14H,3,9,11,13H2,1H3,(H,23,28)(H,24,25,27). The summed E-state index contributed by atoms with van der Waals surface area (Å²) in [7, 11) is 1.83. The van der Waals surface area contributed by atoms with Gasteiger partial charge in [0.05, 0.1) is 31.0 Å². The van der Waals surface area contributed by atoms with E-state index >= 15 is 0 Å². The third kappa shape index (κ3) is 4.84. The molecule has 2 aromatic heterocycles. The van der Waals surface area contributed by atoms with Crippen LogP contribution in [0, 0.1) is 0 Å². The molecule has 8 heteroatoms. The van der Waals surface area contributed by atoms with E-state index in [4.69, 9.17) is 4.74 Å². The molecule has 0 fully saturated rings. The van der Waals surface area contributed by atoms with E-state index in [9.17, 15) is 9.59 Å². The van der Waals surface area contributed by atoms with E-state index in [-0.39, 0.29) is 18.4 Å². The molecule has 0 saturated carbocycles. The lowest BCUT2D eigenvalue weighted by Crippen LogP contribution is -2.32. The molecule has 0 atom stereocenters. The van der Waals surface area contributed by atoms with E-state index in [2.05, 4.69) is 33.8 Å². The topological polar surface area (TPSA) is 85.3 Å². The normalized spacial score (nSPS) is 13.6. The number of thiazole rings is 1. The summed E-state index contributed by atoms with van der Waals surface area (Å²) in [4.78, 5) is 28.7. The molecule has 1 aliphatic heterocycles. The Balaban J connectivity index is 1.36. The molecule has 0 bridgehead atoms. The van der Waals surface area contributed by atoms with Crippen molar-refractivity contribution >= 4 is 33.9 Å². The molecule has 0 spiro atoms. The molecule has 0 aliphatic carbocycles. The third-order valence-electron chi connectivity index (χ3n) is 4.69. The summed E-state index contributed by atoms with van der Waals surface area (Å²) in [5.74, 6) is -0.609. The van der Waals surface area contributed by atoms with Crippen LogP contribution in [0.2, 0.25) is 0 Å². The average Bonchev–Trinajstić information content (AvgIpc) is 3.42. The molecule has 0 unspecified atom stereocenters. The smallest absolute Gasteiger partial charge is 0.253 e. The van der Waals surface area contributed by atoms with E-state index in [1.807, 2.05) is 24.6 Å². The van der Waals surface area contributed by atoms with Gasteiger partial charge in [-0.15, -0.1) is 11.3 Å². The summed E-state index contributed by atoms with van der Waals surface area (Å²) in [6, 6.07) is 9.84. The number of hydrogen-bond donors (Lipinski definition) is 2. The number of anilines is 1. The maximum atomic E-state index is 12.2. The minimum absolute atomic E-state index is 0.119. The fourth-order valence-electron chi connectivity index (χ4n) is 3.16. The van der Waals surface area contributed by atoms with Gasteiger partial charge in [-0.25, -0.2) is 4.98 Å². The number of hydrogen-bond acceptors (Lipinski definition) is 5. The fourth-order valence-corrected chi connectivity index (χ4v) is 3.90. The van der Waals surface area contributed by atoms with Crippen molar-refractivity contribution in [1.29, 1.82) is 0 Å². The number of aryl methyl sites for hydroxylation is 1. The van der Waals surface area contributed by atoms with Gasteiger partial charge in [0.25, 0.3) is 5.91 Å². The van der Waals surface area contributed by atoms with Crippen molar-refractivity contribution in [2.24, 2.45) is 7.05 Å². The molecule has 7 nitrogen and oxygen atoms in total. The van der Waals surface area contributed by atoms with E-state index in [0.29, 0.717) is 17.3 Å². The predicted molar refractivity (Wildman–Crippen MR) is 117 cm³/mol. The van der Waals surface area contributed by atoms with Crippen LogP contribution in [0.3, 0.4) is 0 Å². The van der Waals surface area contributed by atoms with Crippen molar-refractivity contribution in [2.75, 3.05) is 25.1 Å². The minimum atomic E-state index is -0.321. The predicted octanol–water partition coefficient (Wildman–Crippen LogP) is 3.32. The van der Waals surface area contributed by atoms with Crippen LogP contribution in [0.5, 0.6) is 0 Å². The number of nitrogens with zero attached hydrogens (tertiary/aromatic N) is 2. The molecule has 4 rings (SSSR count). The molecular weight excluding hydrogens is 400 g/mol. The molecule has 2 N–H and O–H groups in total. The second kappa shape index (κ2) is 9.06. The summed E-state index contributed by atoms with van der Waals surface area (Å²) in [5.41, 5.74) is 4.59. The van der Waals surface area contributed by atoms with E-state index in [1.54, 1.807) is 23.0 Å². The van der Waals surface area contributed by atoms with Gasteiger partial charge in [-0.1, -0.05) is 24.3 Å². The number of benzene rings is 1. The number of nitrogens with one attached hydrogen (secondary N) is 2. The van der Waals surface area contributed by atoms with Gasteiger partial charge < -0.3 is 19.9 Å². The molecule has 1 aliphatic rings. The van der Waals surface area contributed by atoms with Crippen LogP contribution in [-0.2, 0) is 16.6 Å². The molecule has 2 amide bonds. The Morgan fingerprint density at radius 3 is 2.90 bits per heavy atom. The first-order valence-electron chi connectivity index (χ1n) is 9.61. The average molecular weight is 423 g/mol. The van der Waals surface area contributed by atoms with E-state index in [1.165, 1.54) is 16.9 Å². The number of carbonyl (C=O) groups is 2. The largest absolute Gasteiger partial charge is 0.376 e. The van der Waals surface area contributed by atoms with E-state index < -0.39 is 0 Å². The Bertz CT molecular complexity index is 1100. The highest BCUT2D eigenvalue weighted by Crippen LogP contribution is 2.28. The molecule has 30 heavy (non-hydrogen) atoms. The van der Waals surface area contributed by atoms with Crippen molar-refractivity contribution in [3.8, 4) is 11.3 Å². The highest BCUT2D eigenvalue weighted by Gasteiger charge is 2.12. The van der Waals surface area contributed by atoms with Crippen LogP contribution < -0.4 is 10.6 Å². The number of carbonyl (C=O) groups excluding carboxylic acids is 2. The number of amides is 2. The highest BCUT2D eigenvalue weighted by molar-refractivity contribution is 7.14. The molecule has 154 valence electrons. The second-order valence-electron chi connectivity index (χ2n) is 6.99. The zero-order valence-electron chi connectivity index (χ0n) is 16.6. The van der Waals surface area contributed by atoms with Gasteiger partial charge in [0.1, 0.15) is 0 Å². The van der Waals surface area contributed by atoms with Crippen LogP contribution in [0.4, 0.5) is 5.13 Å². The Morgan fingerprint density at radius 1 is 1.27 bits per heavy atom. The van der Waals surface area contributed by atoms with E-state index in [0.717, 1.165) is 29.8 Å². The third-order valence-corrected chi connectivity index (χ3v) is 5.45. The lowest BCUT2D eigenvalue weighted by Gasteiger charge is -2.14. The van der Waals surface area contributed by atoms with Crippen LogP contribution in [0.1, 0.15) is 22.3 Å². The van der Waals surface area contributed by atoms with Crippen LogP contribution >= 0.6 is 11.3 Å². The highest BCUT2D eigenvalue weighted by atomic mass is 32.1. The zero-order valence-corrected chi connectivity index (χ0v) is 17.4. The van der Waals surface area contributed by atoms with Gasteiger partial charge in [0, 0.05) is 30.4 Å². The van der Waals surface area contributed by atoms with Crippen LogP contribution in [0.15, 0.2) is 54.2 Å². The second-order valence-corrected chi connectivity index (χ2v) is 7.84. The zero-order chi connectivity index (χ0) is 20.9. The Hall–Kier alpha value is -3.23. The summed E-state index contributed by atoms with van der Waals surface area (Å²) >= 11 is 1.35. The van der Waals surface area contributed by atoms with Crippen LogP contribution in [0.25, 0.3) is 16.8 Å². The Kier molecular flexibility index (Phi) is 6.06. The lowest BCUT2D eigenvalue weighted by molar-refractivity contribution is -0.115. The summed E-state index contributed by atoms with van der Waals surface area (Å²) in [6.07, 6.45) is 6.61. The molecule has 3 aromatic rings. The maximum Gasteiger partial charge on any atom is 0.253 e. The number of rotatable bonds is 6. The summed E-state index contributed by atoms with van der Waals surface area (Å²) < 4.78 is 7.32. The van der Waals surface area contributed by atoms with Crippen molar-refractivity contribution in [2.45, 2.75) is 6.42 Å². The first-order valence-corrected chi connectivity index (χ1v) is 10.5. The van der Waals surface area contributed by atoms with Crippen LogP contribution in [-0.4, -0.2) is 41.1 Å². The molecule has 0 radical (unpaired) electrons. The first kappa shape index (κ1) is 20.1. The van der Waals surface area contributed by atoms with Gasteiger partial charge in [-0.3, -0.25) is 9.59 Å². The Labute approximate surface area is 178 Å².